The molecular weight excluding hydrogens is 436 g/mol. The van der Waals surface area contributed by atoms with E-state index in [9.17, 15) is 14.7 Å². The first kappa shape index (κ1) is 23.6. The number of carbonyl (C=O) groups excluding carboxylic acids is 2. The number of hydrogen-bond donors (Lipinski definition) is 3. The van der Waals surface area contributed by atoms with Gasteiger partial charge in [0.2, 0.25) is 0 Å². The number of fused-ring (bicyclic) bond motifs is 1. The monoisotopic (exact) mass is 466 g/mol. The molecule has 1 saturated carbocycles. The summed E-state index contributed by atoms with van der Waals surface area (Å²) in [6.45, 7) is 3.48. The standard InChI is InChI=1S/C25H30N4O5/c1-25(2,32)15-33-18-11-12-21-20(13-27-29(21)14-18)24(31)28-16-7-9-17(10-8-16)34-22-6-4-3-5-19(22)23(26)30/h3-6,11-14,16-17,32H,7-10,15H2,1-2H3,(H2,26,30)(H,28,31)/t16-,17-. The molecule has 1 aliphatic rings. The lowest BCUT2D eigenvalue weighted by Crippen LogP contribution is -2.39. The Labute approximate surface area is 197 Å². The molecule has 1 aliphatic carbocycles. The molecule has 0 unspecified atom stereocenters. The molecule has 2 amide bonds. The lowest BCUT2D eigenvalue weighted by atomic mass is 9.92. The first-order chi connectivity index (χ1) is 16.2. The third-order valence-corrected chi connectivity index (χ3v) is 5.78. The van der Waals surface area contributed by atoms with Crippen molar-refractivity contribution in [1.82, 2.24) is 14.9 Å². The van der Waals surface area contributed by atoms with Crippen LogP contribution >= 0.6 is 0 Å². The van der Waals surface area contributed by atoms with Gasteiger partial charge in [0.15, 0.2) is 0 Å². The van der Waals surface area contributed by atoms with Crippen molar-refractivity contribution in [3.8, 4) is 11.5 Å². The number of amides is 2. The van der Waals surface area contributed by atoms with Crippen LogP contribution in [-0.2, 0) is 0 Å². The van der Waals surface area contributed by atoms with Gasteiger partial charge in [0.25, 0.3) is 11.8 Å². The zero-order chi connectivity index (χ0) is 24.3. The van der Waals surface area contributed by atoms with Crippen LogP contribution in [0.5, 0.6) is 11.5 Å². The molecule has 0 radical (unpaired) electrons. The lowest BCUT2D eigenvalue weighted by Gasteiger charge is -2.29. The van der Waals surface area contributed by atoms with Crippen LogP contribution in [0.1, 0.15) is 60.2 Å². The van der Waals surface area contributed by atoms with Crippen molar-refractivity contribution in [3.05, 3.63) is 59.9 Å². The maximum absolute atomic E-state index is 12.9. The number of pyridine rings is 1. The van der Waals surface area contributed by atoms with Gasteiger partial charge >= 0.3 is 0 Å². The SMILES string of the molecule is CC(C)(O)COc1ccc2c(C(=O)N[C@H]3CC[C@H](Oc4ccccc4C(N)=O)CC3)cnn2c1. The van der Waals surface area contributed by atoms with E-state index >= 15 is 0 Å². The van der Waals surface area contributed by atoms with Gasteiger partial charge in [0, 0.05) is 6.04 Å². The quantitative estimate of drug-likeness (QED) is 0.468. The lowest BCUT2D eigenvalue weighted by molar-refractivity contribution is 0.0283. The number of rotatable bonds is 8. The Morgan fingerprint density at radius 2 is 1.88 bits per heavy atom. The minimum absolute atomic E-state index is 0.0306. The van der Waals surface area contributed by atoms with E-state index in [2.05, 4.69) is 10.4 Å². The van der Waals surface area contributed by atoms with Crippen LogP contribution in [0.4, 0.5) is 0 Å². The molecule has 2 aromatic heterocycles. The molecule has 0 bridgehead atoms. The Morgan fingerprint density at radius 3 is 2.59 bits per heavy atom. The van der Waals surface area contributed by atoms with Crippen LogP contribution in [0.2, 0.25) is 0 Å². The predicted octanol–water partition coefficient (Wildman–Crippen LogP) is 2.70. The number of nitrogens with one attached hydrogen (secondary N) is 1. The number of primary amides is 1. The topological polar surface area (TPSA) is 128 Å². The molecule has 3 aromatic rings. The van der Waals surface area contributed by atoms with E-state index in [4.69, 9.17) is 15.2 Å². The maximum atomic E-state index is 12.9. The van der Waals surface area contributed by atoms with Gasteiger partial charge in [-0.1, -0.05) is 12.1 Å². The van der Waals surface area contributed by atoms with Crippen molar-refractivity contribution in [2.24, 2.45) is 5.73 Å². The smallest absolute Gasteiger partial charge is 0.255 e. The number of nitrogens with zero attached hydrogens (tertiary/aromatic N) is 2. The molecule has 1 aromatic carbocycles. The zero-order valence-corrected chi connectivity index (χ0v) is 19.4. The molecule has 0 saturated heterocycles. The van der Waals surface area contributed by atoms with Gasteiger partial charge in [0.05, 0.1) is 40.7 Å². The second kappa shape index (κ2) is 9.72. The summed E-state index contributed by atoms with van der Waals surface area (Å²) in [5, 5.41) is 17.2. The Bertz CT molecular complexity index is 1180. The van der Waals surface area contributed by atoms with E-state index in [-0.39, 0.29) is 24.7 Å². The average molecular weight is 467 g/mol. The van der Waals surface area contributed by atoms with Crippen molar-refractivity contribution in [2.45, 2.75) is 57.3 Å². The summed E-state index contributed by atoms with van der Waals surface area (Å²) in [6.07, 6.45) is 6.24. The van der Waals surface area contributed by atoms with E-state index in [0.717, 1.165) is 25.7 Å². The van der Waals surface area contributed by atoms with Crippen LogP contribution < -0.4 is 20.5 Å². The summed E-state index contributed by atoms with van der Waals surface area (Å²) in [5.41, 5.74) is 6.03. The molecule has 0 aliphatic heterocycles. The predicted molar refractivity (Wildman–Crippen MR) is 126 cm³/mol. The molecule has 9 nitrogen and oxygen atoms in total. The van der Waals surface area contributed by atoms with Crippen LogP contribution in [0.25, 0.3) is 5.52 Å². The van der Waals surface area contributed by atoms with E-state index in [1.54, 1.807) is 61.1 Å². The van der Waals surface area contributed by atoms with Crippen molar-refractivity contribution in [3.63, 3.8) is 0 Å². The third-order valence-electron chi connectivity index (χ3n) is 5.78. The third kappa shape index (κ3) is 5.66. The van der Waals surface area contributed by atoms with Gasteiger partial charge in [0.1, 0.15) is 18.1 Å². The van der Waals surface area contributed by atoms with Gasteiger partial charge in [-0.25, -0.2) is 4.52 Å². The molecule has 4 N–H and O–H groups in total. The summed E-state index contributed by atoms with van der Waals surface area (Å²) in [5.74, 6) is 0.366. The second-order valence-corrected chi connectivity index (χ2v) is 9.28. The van der Waals surface area contributed by atoms with Gasteiger partial charge in [-0.15, -0.1) is 0 Å². The van der Waals surface area contributed by atoms with Crippen LogP contribution in [-0.4, -0.2) is 50.9 Å². The van der Waals surface area contributed by atoms with Gasteiger partial charge in [-0.2, -0.15) is 5.10 Å². The second-order valence-electron chi connectivity index (χ2n) is 9.28. The largest absolute Gasteiger partial charge is 0.490 e. The fourth-order valence-corrected chi connectivity index (χ4v) is 4.03. The number of benzene rings is 1. The molecule has 9 heteroatoms. The van der Waals surface area contributed by atoms with E-state index in [1.807, 2.05) is 6.07 Å². The summed E-state index contributed by atoms with van der Waals surface area (Å²) < 4.78 is 13.2. The van der Waals surface area contributed by atoms with Gasteiger partial charge in [-0.3, -0.25) is 9.59 Å². The molecule has 34 heavy (non-hydrogen) atoms. The van der Waals surface area contributed by atoms with Crippen molar-refractivity contribution in [2.75, 3.05) is 6.61 Å². The Kier molecular flexibility index (Phi) is 6.74. The number of para-hydroxylation sites is 1. The summed E-state index contributed by atoms with van der Waals surface area (Å²) >= 11 is 0. The molecule has 0 spiro atoms. The molecule has 0 atom stereocenters. The van der Waals surface area contributed by atoms with Gasteiger partial charge in [-0.05, 0) is 63.8 Å². The van der Waals surface area contributed by atoms with Crippen LogP contribution in [0.3, 0.4) is 0 Å². The average Bonchev–Trinajstić information content (AvgIpc) is 3.22. The highest BCUT2D eigenvalue weighted by atomic mass is 16.5. The first-order valence-electron chi connectivity index (χ1n) is 11.4. The summed E-state index contributed by atoms with van der Waals surface area (Å²) in [6, 6.07) is 10.5. The number of aromatic nitrogens is 2. The van der Waals surface area contributed by atoms with E-state index < -0.39 is 11.5 Å². The Balaban J connectivity index is 1.33. The van der Waals surface area contributed by atoms with Gasteiger partial charge < -0.3 is 25.6 Å². The Hall–Kier alpha value is -3.59. The summed E-state index contributed by atoms with van der Waals surface area (Å²) in [7, 11) is 0. The van der Waals surface area contributed by atoms with Crippen molar-refractivity contribution >= 4 is 17.3 Å². The van der Waals surface area contributed by atoms with E-state index in [1.165, 1.54) is 0 Å². The fourth-order valence-electron chi connectivity index (χ4n) is 4.03. The Morgan fingerprint density at radius 1 is 1.15 bits per heavy atom. The normalized spacial score (nSPS) is 18.4. The number of carbonyl (C=O) groups is 2. The number of hydrogen-bond acceptors (Lipinski definition) is 6. The molecular formula is C25H30N4O5. The molecule has 2 heterocycles. The fraction of sp³-hybridized carbons (Fsp3) is 0.400. The maximum Gasteiger partial charge on any atom is 0.255 e. The number of nitrogens with two attached hydrogens (primary N) is 1. The highest BCUT2D eigenvalue weighted by molar-refractivity contribution is 6.00. The summed E-state index contributed by atoms with van der Waals surface area (Å²) in [4.78, 5) is 24.5. The van der Waals surface area contributed by atoms with Crippen molar-refractivity contribution < 1.29 is 24.2 Å². The highest BCUT2D eigenvalue weighted by Gasteiger charge is 2.26. The molecule has 1 fully saturated rings. The van der Waals surface area contributed by atoms with E-state index in [0.29, 0.717) is 28.1 Å². The zero-order valence-electron chi connectivity index (χ0n) is 19.4. The van der Waals surface area contributed by atoms with Crippen LogP contribution in [0, 0.1) is 0 Å². The van der Waals surface area contributed by atoms with Crippen LogP contribution in [0.15, 0.2) is 48.8 Å². The first-order valence-corrected chi connectivity index (χ1v) is 11.4. The minimum atomic E-state index is -0.945. The minimum Gasteiger partial charge on any atom is -0.490 e. The molecule has 180 valence electrons. The van der Waals surface area contributed by atoms with Crippen molar-refractivity contribution in [1.29, 1.82) is 0 Å². The molecule has 4 rings (SSSR count). The number of ether oxygens (including phenoxy) is 2. The highest BCUT2D eigenvalue weighted by Crippen LogP contribution is 2.27. The number of aliphatic hydroxyl groups is 1.